The van der Waals surface area contributed by atoms with Crippen LogP contribution in [-0.2, 0) is 13.6 Å². The summed E-state index contributed by atoms with van der Waals surface area (Å²) in [5.41, 5.74) is -0.407. The van der Waals surface area contributed by atoms with E-state index in [1.54, 1.807) is 0 Å². The van der Waals surface area contributed by atoms with Gasteiger partial charge < -0.3 is 8.85 Å². The predicted molar refractivity (Wildman–Crippen MR) is 86.3 cm³/mol. The van der Waals surface area contributed by atoms with E-state index in [1.807, 2.05) is 26.6 Å². The van der Waals surface area contributed by atoms with Crippen LogP contribution in [0.1, 0.15) is 33.6 Å². The molecule has 0 spiro atoms. The molecule has 0 bridgehead atoms. The van der Waals surface area contributed by atoms with Gasteiger partial charge in [-0.3, -0.25) is 4.79 Å². The number of hydrogen-bond donors (Lipinski definition) is 0. The summed E-state index contributed by atoms with van der Waals surface area (Å²) in [7, 11) is -3.54. The van der Waals surface area contributed by atoms with Gasteiger partial charge in [-0.15, -0.1) is 0 Å². The molecule has 0 aromatic rings. The van der Waals surface area contributed by atoms with Gasteiger partial charge in [-0.05, 0) is 59.0 Å². The summed E-state index contributed by atoms with van der Waals surface area (Å²) >= 11 is 0. The van der Waals surface area contributed by atoms with Crippen LogP contribution >= 0.6 is 0 Å². The van der Waals surface area contributed by atoms with Crippen molar-refractivity contribution >= 4 is 22.6 Å². The standard InChI is InChI=1S/C14H32O3Si2/c1-10-12(13(15)16-18(4,5)6)14(3,11-2)17-19(7,8)9/h12H,10-11H2,1-9H3. The first-order valence-corrected chi connectivity index (χ1v) is 14.1. The van der Waals surface area contributed by atoms with Crippen LogP contribution in [0.25, 0.3) is 0 Å². The number of rotatable bonds is 7. The Bertz CT molecular complexity index is 305. The molecule has 0 saturated carbocycles. The molecule has 0 N–H and O–H groups in total. The Labute approximate surface area is 121 Å². The molecule has 0 aliphatic rings. The fourth-order valence-corrected chi connectivity index (χ4v) is 4.74. The van der Waals surface area contributed by atoms with E-state index in [1.165, 1.54) is 0 Å². The van der Waals surface area contributed by atoms with E-state index >= 15 is 0 Å². The van der Waals surface area contributed by atoms with Crippen molar-refractivity contribution in [2.24, 2.45) is 5.92 Å². The summed E-state index contributed by atoms with van der Waals surface area (Å²) in [6, 6.07) is 0. The summed E-state index contributed by atoms with van der Waals surface area (Å²) < 4.78 is 12.0. The molecule has 3 nitrogen and oxygen atoms in total. The minimum absolute atomic E-state index is 0.0794. The monoisotopic (exact) mass is 304 g/mol. The van der Waals surface area contributed by atoms with Gasteiger partial charge in [-0.1, -0.05) is 13.8 Å². The Morgan fingerprint density at radius 3 is 1.79 bits per heavy atom. The fourth-order valence-electron chi connectivity index (χ4n) is 2.31. The van der Waals surface area contributed by atoms with Gasteiger partial charge >= 0.3 is 0 Å². The Hall–Kier alpha value is -0.136. The largest absolute Gasteiger partial charge is 0.520 e. The molecular formula is C14H32O3Si2. The topological polar surface area (TPSA) is 35.5 Å². The number of hydrogen-bond acceptors (Lipinski definition) is 3. The lowest BCUT2D eigenvalue weighted by Gasteiger charge is -2.41. The summed E-state index contributed by atoms with van der Waals surface area (Å²) in [4.78, 5) is 12.4. The molecule has 0 aliphatic carbocycles. The lowest BCUT2D eigenvalue weighted by molar-refractivity contribution is -0.148. The Balaban J connectivity index is 5.12. The summed E-state index contributed by atoms with van der Waals surface area (Å²) in [6.07, 6.45) is 1.59. The molecule has 0 aromatic carbocycles. The molecule has 0 aromatic heterocycles. The minimum Gasteiger partial charge on any atom is -0.520 e. The Morgan fingerprint density at radius 2 is 1.53 bits per heavy atom. The van der Waals surface area contributed by atoms with Gasteiger partial charge in [0.1, 0.15) is 0 Å². The van der Waals surface area contributed by atoms with E-state index in [4.69, 9.17) is 8.85 Å². The predicted octanol–water partition coefficient (Wildman–Crippen LogP) is 4.41. The Morgan fingerprint density at radius 1 is 1.05 bits per heavy atom. The summed E-state index contributed by atoms with van der Waals surface area (Å²) in [5.74, 6) is -0.250. The molecule has 0 heterocycles. The molecule has 114 valence electrons. The van der Waals surface area contributed by atoms with Crippen LogP contribution in [0.4, 0.5) is 0 Å². The number of carbonyl (C=O) groups excluding carboxylic acids is 1. The van der Waals surface area contributed by atoms with E-state index < -0.39 is 22.2 Å². The highest BCUT2D eigenvalue weighted by Gasteiger charge is 2.42. The van der Waals surface area contributed by atoms with Gasteiger partial charge in [0.05, 0.1) is 11.5 Å². The first-order valence-electron chi connectivity index (χ1n) is 7.27. The van der Waals surface area contributed by atoms with Gasteiger partial charge in [0.15, 0.2) is 8.32 Å². The fraction of sp³-hybridized carbons (Fsp3) is 0.929. The highest BCUT2D eigenvalue weighted by atomic mass is 28.4. The van der Waals surface area contributed by atoms with Crippen LogP contribution in [0.3, 0.4) is 0 Å². The lowest BCUT2D eigenvalue weighted by atomic mass is 9.85. The van der Waals surface area contributed by atoms with Crippen molar-refractivity contribution in [1.82, 2.24) is 0 Å². The van der Waals surface area contributed by atoms with Crippen molar-refractivity contribution in [3.63, 3.8) is 0 Å². The maximum absolute atomic E-state index is 12.4. The van der Waals surface area contributed by atoms with Crippen molar-refractivity contribution in [2.45, 2.75) is 78.5 Å². The van der Waals surface area contributed by atoms with Crippen molar-refractivity contribution in [3.8, 4) is 0 Å². The third kappa shape index (κ3) is 6.72. The third-order valence-corrected chi connectivity index (χ3v) is 4.97. The van der Waals surface area contributed by atoms with E-state index in [0.29, 0.717) is 0 Å². The number of carbonyl (C=O) groups is 1. The van der Waals surface area contributed by atoms with Gasteiger partial charge in [-0.25, -0.2) is 0 Å². The van der Waals surface area contributed by atoms with E-state index in [2.05, 4.69) is 33.5 Å². The molecule has 0 saturated heterocycles. The van der Waals surface area contributed by atoms with Crippen LogP contribution in [-0.4, -0.2) is 28.2 Å². The van der Waals surface area contributed by atoms with Crippen LogP contribution in [0, 0.1) is 5.92 Å². The van der Waals surface area contributed by atoms with E-state index in [0.717, 1.165) is 12.8 Å². The first kappa shape index (κ1) is 18.9. The van der Waals surface area contributed by atoms with E-state index in [9.17, 15) is 4.79 Å². The smallest absolute Gasteiger partial charge is 0.298 e. The van der Waals surface area contributed by atoms with Crippen LogP contribution < -0.4 is 0 Å². The summed E-state index contributed by atoms with van der Waals surface area (Å²) in [5, 5.41) is 0. The molecule has 0 rings (SSSR count). The van der Waals surface area contributed by atoms with Gasteiger partial charge in [0, 0.05) is 0 Å². The third-order valence-electron chi connectivity index (χ3n) is 3.08. The quantitative estimate of drug-likeness (QED) is 0.653. The molecular weight excluding hydrogens is 272 g/mol. The molecule has 0 amide bonds. The molecule has 2 unspecified atom stereocenters. The second kappa shape index (κ2) is 6.54. The Kier molecular flexibility index (Phi) is 6.50. The van der Waals surface area contributed by atoms with E-state index in [-0.39, 0.29) is 11.9 Å². The van der Waals surface area contributed by atoms with Gasteiger partial charge in [0.2, 0.25) is 8.32 Å². The second-order valence-electron chi connectivity index (χ2n) is 7.37. The average Bonchev–Trinajstić information content (AvgIpc) is 2.12. The molecule has 0 aliphatic heterocycles. The molecule has 0 fully saturated rings. The lowest BCUT2D eigenvalue weighted by Crippen LogP contribution is -2.49. The van der Waals surface area contributed by atoms with Crippen molar-refractivity contribution in [3.05, 3.63) is 0 Å². The normalized spacial score (nSPS) is 17.7. The molecule has 19 heavy (non-hydrogen) atoms. The van der Waals surface area contributed by atoms with Crippen molar-refractivity contribution in [2.75, 3.05) is 0 Å². The maximum atomic E-state index is 12.4. The second-order valence-corrected chi connectivity index (χ2v) is 16.2. The van der Waals surface area contributed by atoms with Crippen molar-refractivity contribution < 1.29 is 13.6 Å². The van der Waals surface area contributed by atoms with Crippen LogP contribution in [0.2, 0.25) is 39.3 Å². The van der Waals surface area contributed by atoms with Crippen LogP contribution in [0.5, 0.6) is 0 Å². The maximum Gasteiger partial charge on any atom is 0.298 e. The molecule has 2 atom stereocenters. The zero-order valence-electron chi connectivity index (χ0n) is 14.2. The molecule has 0 radical (unpaired) electrons. The van der Waals surface area contributed by atoms with Crippen LogP contribution in [0.15, 0.2) is 0 Å². The SMILES string of the molecule is CCC(C(=O)O[Si](C)(C)C)C(C)(CC)O[Si](C)(C)C. The van der Waals surface area contributed by atoms with Crippen molar-refractivity contribution in [1.29, 1.82) is 0 Å². The van der Waals surface area contributed by atoms with Gasteiger partial charge in [0.25, 0.3) is 5.97 Å². The zero-order valence-corrected chi connectivity index (χ0v) is 16.2. The first-order chi connectivity index (χ1) is 8.34. The average molecular weight is 305 g/mol. The highest BCUT2D eigenvalue weighted by molar-refractivity contribution is 6.71. The zero-order chi connectivity index (χ0) is 15.5. The highest BCUT2D eigenvalue weighted by Crippen LogP contribution is 2.33. The minimum atomic E-state index is -1.84. The summed E-state index contributed by atoms with van der Waals surface area (Å²) in [6.45, 7) is 18.8. The molecule has 5 heteroatoms. The van der Waals surface area contributed by atoms with Gasteiger partial charge in [-0.2, -0.15) is 0 Å².